The standard InChI is InChI=1S/2C22H44FO4P/c2*1-5-9-17-28(18-10-6-2,19-11-7-3,20-12-8-4)27-22(25)16-14-13-15-21(24)26-23/h2*5-20H2,1-4H3. The number of rotatable bonds is 36. The summed E-state index contributed by atoms with van der Waals surface area (Å²) in [6.07, 6.45) is 28.9. The summed E-state index contributed by atoms with van der Waals surface area (Å²) in [4.78, 5) is 53.9. The van der Waals surface area contributed by atoms with Crippen LogP contribution in [0, 0.1) is 0 Å². The summed E-state index contributed by atoms with van der Waals surface area (Å²) in [5.74, 6) is -1.98. The summed E-state index contributed by atoms with van der Waals surface area (Å²) in [5, 5.41) is 0. The van der Waals surface area contributed by atoms with Crippen LogP contribution in [0.4, 0.5) is 9.05 Å². The van der Waals surface area contributed by atoms with Crippen LogP contribution in [0.2, 0.25) is 0 Å². The molecule has 0 spiro atoms. The molecule has 8 nitrogen and oxygen atoms in total. The predicted octanol–water partition coefficient (Wildman–Crippen LogP) is 14.4. The number of hydrogen-bond acceptors (Lipinski definition) is 8. The van der Waals surface area contributed by atoms with Gasteiger partial charge in [-0.05, 0) is 0 Å². The Morgan fingerprint density at radius 1 is 0.321 bits per heavy atom. The minimum absolute atomic E-state index is 0.00468. The van der Waals surface area contributed by atoms with Gasteiger partial charge in [-0.15, -0.1) is 0 Å². The molecule has 0 aromatic carbocycles. The summed E-state index contributed by atoms with van der Waals surface area (Å²) < 4.78 is 36.7. The van der Waals surface area contributed by atoms with Crippen molar-refractivity contribution in [1.82, 2.24) is 0 Å². The molecule has 0 fully saturated rings. The molecule has 0 rings (SSSR count). The third-order valence-electron chi connectivity index (χ3n) is 11.5. The molecule has 0 radical (unpaired) electrons. The molecule has 0 bridgehead atoms. The van der Waals surface area contributed by atoms with Crippen molar-refractivity contribution >= 4 is 37.5 Å². The van der Waals surface area contributed by atoms with Gasteiger partial charge in [0.15, 0.2) is 0 Å². The Morgan fingerprint density at radius 2 is 0.500 bits per heavy atom. The van der Waals surface area contributed by atoms with Crippen LogP contribution >= 0.6 is 13.7 Å². The van der Waals surface area contributed by atoms with Gasteiger partial charge in [-0.25, -0.2) is 0 Å². The van der Waals surface area contributed by atoms with Gasteiger partial charge >= 0.3 is 343 Å². The fourth-order valence-corrected chi connectivity index (χ4v) is 21.7. The first kappa shape index (κ1) is 56.7. The van der Waals surface area contributed by atoms with E-state index >= 15 is 0 Å². The molecule has 0 saturated carbocycles. The third-order valence-corrected chi connectivity index (χ3v) is 24.6. The van der Waals surface area contributed by atoms with Gasteiger partial charge < -0.3 is 0 Å². The Kier molecular flexibility index (Phi) is 33.8. The maximum atomic E-state index is 12.9. The second kappa shape index (κ2) is 33.4. The van der Waals surface area contributed by atoms with E-state index in [2.05, 4.69) is 65.3 Å². The van der Waals surface area contributed by atoms with Crippen LogP contribution in [0.3, 0.4) is 0 Å². The van der Waals surface area contributed by atoms with Crippen molar-refractivity contribution in [1.29, 1.82) is 0 Å². The van der Waals surface area contributed by atoms with Crippen molar-refractivity contribution in [3.05, 3.63) is 0 Å². The zero-order valence-corrected chi connectivity index (χ0v) is 39.3. The van der Waals surface area contributed by atoms with E-state index in [1.54, 1.807) is 0 Å². The molecule has 12 heteroatoms. The third kappa shape index (κ3) is 23.9. The quantitative estimate of drug-likeness (QED) is 0.0453. The monoisotopic (exact) mass is 845 g/mol. The fourth-order valence-electron chi connectivity index (χ4n) is 7.99. The molecule has 0 amide bonds. The van der Waals surface area contributed by atoms with Crippen molar-refractivity contribution in [3.63, 3.8) is 0 Å². The van der Waals surface area contributed by atoms with Crippen molar-refractivity contribution in [2.75, 3.05) is 49.3 Å². The van der Waals surface area contributed by atoms with Crippen molar-refractivity contribution < 1.29 is 47.2 Å². The molecule has 0 N–H and O–H groups in total. The first-order valence-corrected chi connectivity index (χ1v) is 28.7. The first-order chi connectivity index (χ1) is 26.8. The average Bonchev–Trinajstić information content (AvgIpc) is 3.21. The van der Waals surface area contributed by atoms with E-state index in [1.807, 2.05) is 0 Å². The van der Waals surface area contributed by atoms with Gasteiger partial charge in [-0.1, -0.05) is 0 Å². The van der Waals surface area contributed by atoms with Crippen LogP contribution in [0.25, 0.3) is 0 Å². The molecule has 0 aromatic rings. The molecule has 0 aliphatic carbocycles. The SMILES string of the molecule is CCCCP(CCCC)(CCCC)(CCCC)OC(=O)CCCCC(=O)OF.CCCCP(CCCC)(CCCC)(CCCC)OC(=O)CCCCC(=O)OF. The number of carbonyl (C=O) groups excluding carboxylic acids is 4. The summed E-state index contributed by atoms with van der Waals surface area (Å²) in [7, 11) is 0. The van der Waals surface area contributed by atoms with Gasteiger partial charge in [0.1, 0.15) is 0 Å². The van der Waals surface area contributed by atoms with E-state index in [9.17, 15) is 28.2 Å². The molecule has 0 aliphatic rings. The van der Waals surface area contributed by atoms with E-state index < -0.39 is 25.6 Å². The zero-order chi connectivity index (χ0) is 42.7. The summed E-state index contributed by atoms with van der Waals surface area (Å²) in [5.41, 5.74) is 0. The number of halogens is 2. The van der Waals surface area contributed by atoms with E-state index in [4.69, 9.17) is 9.05 Å². The Balaban J connectivity index is 0. The second-order valence-corrected chi connectivity index (χ2v) is 27.9. The minimum atomic E-state index is -2.58. The molecule has 336 valence electrons. The van der Waals surface area contributed by atoms with E-state index in [-0.39, 0.29) is 24.8 Å². The van der Waals surface area contributed by atoms with Crippen LogP contribution in [0.5, 0.6) is 0 Å². The summed E-state index contributed by atoms with van der Waals surface area (Å²) in [6.45, 7) is 12.5. The Bertz CT molecular complexity index is 877. The van der Waals surface area contributed by atoms with Gasteiger partial charge in [0.2, 0.25) is 0 Å². The molecular weight excluding hydrogens is 756 g/mol. The van der Waals surface area contributed by atoms with E-state index in [1.165, 1.54) is 0 Å². The average molecular weight is 845 g/mol. The maximum absolute atomic E-state index is 12.9. The zero-order valence-electron chi connectivity index (χ0n) is 37.5. The van der Waals surface area contributed by atoms with E-state index in [0.717, 1.165) is 152 Å². The van der Waals surface area contributed by atoms with Gasteiger partial charge in [-0.3, -0.25) is 0 Å². The van der Waals surface area contributed by atoms with Crippen molar-refractivity contribution in [2.24, 2.45) is 0 Å². The Morgan fingerprint density at radius 3 is 0.661 bits per heavy atom. The van der Waals surface area contributed by atoms with Crippen LogP contribution in [0.15, 0.2) is 0 Å². The van der Waals surface area contributed by atoms with Crippen LogP contribution in [-0.2, 0) is 38.1 Å². The molecule has 0 heterocycles. The topological polar surface area (TPSA) is 105 Å². The van der Waals surface area contributed by atoms with Gasteiger partial charge in [0.25, 0.3) is 0 Å². The summed E-state index contributed by atoms with van der Waals surface area (Å²) in [6, 6.07) is 0. The molecule has 0 atom stereocenters. The fraction of sp³-hybridized carbons (Fsp3) is 0.909. The van der Waals surface area contributed by atoms with Gasteiger partial charge in [0.05, 0.1) is 0 Å². The Labute approximate surface area is 342 Å². The second-order valence-electron chi connectivity index (χ2n) is 16.6. The van der Waals surface area contributed by atoms with Crippen molar-refractivity contribution in [2.45, 2.75) is 209 Å². The molecule has 56 heavy (non-hydrogen) atoms. The normalized spacial score (nSPS) is 13.0. The summed E-state index contributed by atoms with van der Waals surface area (Å²) >= 11 is 0. The number of carbonyl (C=O) groups is 4. The van der Waals surface area contributed by atoms with Crippen LogP contribution in [-0.4, -0.2) is 73.2 Å². The first-order valence-electron chi connectivity index (χ1n) is 22.9. The van der Waals surface area contributed by atoms with Crippen molar-refractivity contribution in [3.8, 4) is 0 Å². The Hall–Kier alpha value is -1.40. The molecule has 0 unspecified atom stereocenters. The van der Waals surface area contributed by atoms with Crippen LogP contribution < -0.4 is 0 Å². The number of unbranched alkanes of at least 4 members (excludes halogenated alkanes) is 10. The van der Waals surface area contributed by atoms with E-state index in [0.29, 0.717) is 38.5 Å². The van der Waals surface area contributed by atoms with Gasteiger partial charge in [-0.2, -0.15) is 0 Å². The molecule has 0 aliphatic heterocycles. The number of hydrogen-bond donors (Lipinski definition) is 0. The molecule has 0 saturated heterocycles. The molecule has 0 aromatic heterocycles. The molecular formula is C44H88F2O8P2. The van der Waals surface area contributed by atoms with Gasteiger partial charge in [0, 0.05) is 0 Å². The van der Waals surface area contributed by atoms with Crippen LogP contribution in [0.1, 0.15) is 209 Å². The predicted molar refractivity (Wildman–Crippen MR) is 236 cm³/mol.